The summed E-state index contributed by atoms with van der Waals surface area (Å²) in [4.78, 5) is 39.1. The fourth-order valence-corrected chi connectivity index (χ4v) is 5.21. The number of piperidine rings is 1. The zero-order valence-electron chi connectivity index (χ0n) is 19.8. The van der Waals surface area contributed by atoms with E-state index >= 15 is 0 Å². The zero-order chi connectivity index (χ0) is 24.9. The van der Waals surface area contributed by atoms with Gasteiger partial charge in [0.05, 0.1) is 0 Å². The minimum absolute atomic E-state index is 0.0525. The van der Waals surface area contributed by atoms with E-state index in [2.05, 4.69) is 23.4 Å². The van der Waals surface area contributed by atoms with Crippen LogP contribution in [0.4, 0.5) is 4.79 Å². The molecule has 35 heavy (non-hydrogen) atoms. The van der Waals surface area contributed by atoms with Crippen molar-refractivity contribution in [3.05, 3.63) is 59.7 Å². The van der Waals surface area contributed by atoms with Crippen LogP contribution in [0.3, 0.4) is 0 Å². The second-order valence-corrected chi connectivity index (χ2v) is 9.12. The van der Waals surface area contributed by atoms with E-state index in [-0.39, 0.29) is 24.9 Å². The summed E-state index contributed by atoms with van der Waals surface area (Å²) >= 11 is 0. The van der Waals surface area contributed by atoms with E-state index in [4.69, 9.17) is 11.2 Å². The lowest BCUT2D eigenvalue weighted by atomic mass is 9.88. The van der Waals surface area contributed by atoms with Crippen LogP contribution in [0.25, 0.3) is 11.1 Å². The maximum Gasteiger partial charge on any atom is 0.407 e. The number of benzene rings is 2. The van der Waals surface area contributed by atoms with Crippen LogP contribution in [-0.4, -0.2) is 53.2 Å². The first-order chi connectivity index (χ1) is 16.9. The molecule has 4 rings (SSSR count). The summed E-state index contributed by atoms with van der Waals surface area (Å²) in [5, 5.41) is 12.3. The summed E-state index contributed by atoms with van der Waals surface area (Å²) in [6, 6.07) is 14.1. The molecule has 0 aromatic heterocycles. The summed E-state index contributed by atoms with van der Waals surface area (Å²) in [5.41, 5.74) is 4.40. The van der Waals surface area contributed by atoms with Gasteiger partial charge < -0.3 is 20.1 Å². The number of hydrogen-bond acceptors (Lipinski definition) is 4. The highest BCUT2D eigenvalue weighted by atomic mass is 16.5. The first-order valence-corrected chi connectivity index (χ1v) is 12.0. The molecule has 7 nitrogen and oxygen atoms in total. The van der Waals surface area contributed by atoms with Gasteiger partial charge in [0.2, 0.25) is 5.91 Å². The highest BCUT2D eigenvalue weighted by Gasteiger charge is 2.38. The standard InChI is InChI=1S/C28H30N2O5/c1-3-9-24(26(31)30-15-14-18(4-2)16-25(30)27(32)33)29-28(34)35-17-23-21-12-7-5-10-19(21)20-11-6-8-13-22(20)23/h1,5-8,10-13,18,23-25H,4,9,14-17H2,2H3,(H,29,34)(H,32,33). The second-order valence-electron chi connectivity index (χ2n) is 9.12. The number of carbonyl (C=O) groups is 3. The number of carboxylic acids is 1. The number of nitrogens with zero attached hydrogens (tertiary/aromatic N) is 1. The number of likely N-dealkylation sites (tertiary alicyclic amines) is 1. The van der Waals surface area contributed by atoms with Crippen LogP contribution >= 0.6 is 0 Å². The third-order valence-corrected chi connectivity index (χ3v) is 7.11. The number of carbonyl (C=O) groups excluding carboxylic acids is 2. The predicted octanol–water partition coefficient (Wildman–Crippen LogP) is 4.02. The Labute approximate surface area is 205 Å². The van der Waals surface area contributed by atoms with Crippen LogP contribution in [0.1, 0.15) is 49.7 Å². The molecule has 1 aliphatic carbocycles. The maximum atomic E-state index is 13.2. The van der Waals surface area contributed by atoms with E-state index < -0.39 is 30.1 Å². The molecule has 1 heterocycles. The molecule has 3 atom stereocenters. The second kappa shape index (κ2) is 10.6. The molecule has 2 amide bonds. The largest absolute Gasteiger partial charge is 0.480 e. The van der Waals surface area contributed by atoms with E-state index in [1.54, 1.807) is 0 Å². The van der Waals surface area contributed by atoms with Gasteiger partial charge in [-0.3, -0.25) is 4.79 Å². The van der Waals surface area contributed by atoms with Gasteiger partial charge in [-0.2, -0.15) is 0 Å². The Hall–Kier alpha value is -3.79. The Morgan fingerprint density at radius 2 is 1.77 bits per heavy atom. The Balaban J connectivity index is 1.43. The number of carboxylic acid groups (broad SMARTS) is 1. The molecule has 7 heteroatoms. The molecule has 1 aliphatic heterocycles. The molecule has 182 valence electrons. The molecule has 1 fully saturated rings. The minimum Gasteiger partial charge on any atom is -0.480 e. The summed E-state index contributed by atoms with van der Waals surface area (Å²) in [5.74, 6) is 1.02. The highest BCUT2D eigenvalue weighted by Crippen LogP contribution is 2.44. The van der Waals surface area contributed by atoms with Crippen LogP contribution < -0.4 is 5.32 Å². The fourth-order valence-electron chi connectivity index (χ4n) is 5.21. The maximum absolute atomic E-state index is 13.2. The van der Waals surface area contributed by atoms with Gasteiger partial charge >= 0.3 is 12.1 Å². The average molecular weight is 475 g/mol. The van der Waals surface area contributed by atoms with E-state index in [0.29, 0.717) is 13.0 Å². The number of ether oxygens (including phenoxy) is 1. The fraction of sp³-hybridized carbons (Fsp3) is 0.393. The van der Waals surface area contributed by atoms with Gasteiger partial charge in [0.15, 0.2) is 0 Å². The van der Waals surface area contributed by atoms with E-state index in [0.717, 1.165) is 35.1 Å². The van der Waals surface area contributed by atoms with Crippen LogP contribution in [0.15, 0.2) is 48.5 Å². The molecule has 0 saturated carbocycles. The molecular weight excluding hydrogens is 444 g/mol. The van der Waals surface area contributed by atoms with Crippen molar-refractivity contribution in [2.24, 2.45) is 5.92 Å². The number of aliphatic carboxylic acids is 1. The summed E-state index contributed by atoms with van der Waals surface area (Å²) in [6.45, 7) is 2.44. The molecule has 0 bridgehead atoms. The molecule has 0 spiro atoms. The SMILES string of the molecule is C#CCC(NC(=O)OCC1c2ccccc2-c2ccccc21)C(=O)N1CCC(CC)CC1C(=O)O. The summed E-state index contributed by atoms with van der Waals surface area (Å²) in [6.07, 6.45) is 6.63. The predicted molar refractivity (Wildman–Crippen MR) is 132 cm³/mol. The quantitative estimate of drug-likeness (QED) is 0.591. The van der Waals surface area contributed by atoms with Gasteiger partial charge in [-0.05, 0) is 41.0 Å². The van der Waals surface area contributed by atoms with Crippen molar-refractivity contribution in [2.45, 2.75) is 50.6 Å². The van der Waals surface area contributed by atoms with E-state index in [9.17, 15) is 19.5 Å². The molecule has 2 N–H and O–H groups in total. The van der Waals surface area contributed by atoms with Crippen LogP contribution in [-0.2, 0) is 14.3 Å². The number of fused-ring (bicyclic) bond motifs is 3. The molecule has 2 aliphatic rings. The first kappa shape index (κ1) is 24.3. The van der Waals surface area contributed by atoms with Crippen molar-refractivity contribution in [3.63, 3.8) is 0 Å². The van der Waals surface area contributed by atoms with E-state index in [1.165, 1.54) is 4.90 Å². The lowest BCUT2D eigenvalue weighted by Gasteiger charge is -2.38. The topological polar surface area (TPSA) is 95.9 Å². The average Bonchev–Trinajstić information content (AvgIpc) is 3.20. The van der Waals surface area contributed by atoms with Gasteiger partial charge in [-0.15, -0.1) is 12.3 Å². The van der Waals surface area contributed by atoms with Gasteiger partial charge in [0, 0.05) is 18.9 Å². The van der Waals surface area contributed by atoms with Crippen molar-refractivity contribution < 1.29 is 24.2 Å². The van der Waals surface area contributed by atoms with Crippen molar-refractivity contribution in [1.82, 2.24) is 10.2 Å². The third kappa shape index (κ3) is 5.02. The Kier molecular flexibility index (Phi) is 7.40. The van der Waals surface area contributed by atoms with Gasteiger partial charge in [0.25, 0.3) is 0 Å². The summed E-state index contributed by atoms with van der Waals surface area (Å²) < 4.78 is 5.56. The first-order valence-electron chi connectivity index (χ1n) is 12.0. The van der Waals surface area contributed by atoms with E-state index in [1.807, 2.05) is 43.3 Å². The molecule has 3 unspecified atom stereocenters. The number of hydrogen-bond donors (Lipinski definition) is 2. The van der Waals surface area contributed by atoms with Crippen LogP contribution in [0.2, 0.25) is 0 Å². The zero-order valence-corrected chi connectivity index (χ0v) is 19.8. The van der Waals surface area contributed by atoms with Gasteiger partial charge in [-0.25, -0.2) is 9.59 Å². The molecule has 1 saturated heterocycles. The lowest BCUT2D eigenvalue weighted by molar-refractivity contribution is -0.154. The van der Waals surface area contributed by atoms with Gasteiger partial charge in [-0.1, -0.05) is 61.9 Å². The Morgan fingerprint density at radius 3 is 2.34 bits per heavy atom. The number of terminal acetylenes is 1. The molecule has 2 aromatic rings. The Morgan fingerprint density at radius 1 is 1.14 bits per heavy atom. The number of amides is 2. The van der Waals surface area contributed by atoms with Crippen LogP contribution in [0, 0.1) is 18.3 Å². The smallest absolute Gasteiger partial charge is 0.407 e. The van der Waals surface area contributed by atoms with Crippen LogP contribution in [0.5, 0.6) is 0 Å². The molecule has 2 aromatic carbocycles. The number of nitrogens with one attached hydrogen (secondary N) is 1. The van der Waals surface area contributed by atoms with Crippen molar-refractivity contribution in [3.8, 4) is 23.5 Å². The lowest BCUT2D eigenvalue weighted by Crippen LogP contribution is -2.56. The highest BCUT2D eigenvalue weighted by molar-refractivity contribution is 5.90. The third-order valence-electron chi connectivity index (χ3n) is 7.11. The monoisotopic (exact) mass is 474 g/mol. The van der Waals surface area contributed by atoms with Crippen molar-refractivity contribution in [2.75, 3.05) is 13.2 Å². The number of rotatable bonds is 7. The number of alkyl carbamates (subject to hydrolysis) is 1. The van der Waals surface area contributed by atoms with Crippen molar-refractivity contribution in [1.29, 1.82) is 0 Å². The summed E-state index contributed by atoms with van der Waals surface area (Å²) in [7, 11) is 0. The normalized spacial score (nSPS) is 19.7. The molecule has 0 radical (unpaired) electrons. The minimum atomic E-state index is -1.05. The Bertz CT molecular complexity index is 1110. The molecular formula is C28H30N2O5. The van der Waals surface area contributed by atoms with Gasteiger partial charge in [0.1, 0.15) is 18.7 Å². The van der Waals surface area contributed by atoms with Crippen molar-refractivity contribution >= 4 is 18.0 Å².